The van der Waals surface area contributed by atoms with E-state index in [9.17, 15) is 4.79 Å². The Labute approximate surface area is 135 Å². The van der Waals surface area contributed by atoms with E-state index in [1.807, 2.05) is 0 Å². The molecular formula is C16H19ClN4O. The molecule has 2 rings (SSSR count). The third-order valence-electron chi connectivity index (χ3n) is 3.02. The minimum absolute atomic E-state index is 0.266. The summed E-state index contributed by atoms with van der Waals surface area (Å²) in [7, 11) is 0. The Kier molecular flexibility index (Phi) is 5.72. The summed E-state index contributed by atoms with van der Waals surface area (Å²) >= 11 is 5.87. The molecule has 22 heavy (non-hydrogen) atoms. The lowest BCUT2D eigenvalue weighted by Crippen LogP contribution is -2.14. The number of anilines is 2. The molecule has 0 atom stereocenters. The number of rotatable bonds is 6. The Morgan fingerprint density at radius 1 is 1.18 bits per heavy atom. The summed E-state index contributed by atoms with van der Waals surface area (Å²) in [6.07, 6.45) is 1.06. The van der Waals surface area contributed by atoms with Gasteiger partial charge in [0.25, 0.3) is 5.91 Å². The van der Waals surface area contributed by atoms with Crippen LogP contribution in [0.5, 0.6) is 0 Å². The normalized spacial score (nSPS) is 10.5. The summed E-state index contributed by atoms with van der Waals surface area (Å²) in [6.45, 7) is 5.18. The van der Waals surface area contributed by atoms with Crippen LogP contribution in [-0.4, -0.2) is 22.6 Å². The van der Waals surface area contributed by atoms with Gasteiger partial charge < -0.3 is 10.6 Å². The molecule has 1 amide bonds. The number of nitrogens with zero attached hydrogens (tertiary/aromatic N) is 2. The molecule has 0 unspecified atom stereocenters. The molecule has 0 bridgehead atoms. The summed E-state index contributed by atoms with van der Waals surface area (Å²) in [4.78, 5) is 12.0. The highest BCUT2D eigenvalue weighted by Gasteiger charge is 2.07. The third-order valence-corrected chi connectivity index (χ3v) is 3.26. The van der Waals surface area contributed by atoms with Crippen LogP contribution in [0.1, 0.15) is 30.6 Å². The first-order valence-corrected chi connectivity index (χ1v) is 7.57. The Morgan fingerprint density at radius 3 is 2.55 bits per heavy atom. The maximum absolute atomic E-state index is 12.0. The van der Waals surface area contributed by atoms with Gasteiger partial charge in [0.1, 0.15) is 5.82 Å². The predicted octanol–water partition coefficient (Wildman–Crippen LogP) is 3.84. The van der Waals surface area contributed by atoms with Crippen molar-refractivity contribution in [3.05, 3.63) is 47.0 Å². The van der Waals surface area contributed by atoms with Crippen LogP contribution in [0.2, 0.25) is 5.02 Å². The highest BCUT2D eigenvalue weighted by molar-refractivity contribution is 6.31. The van der Waals surface area contributed by atoms with Crippen LogP contribution in [0, 0.1) is 5.92 Å². The molecule has 0 radical (unpaired) electrons. The average Bonchev–Trinajstić information content (AvgIpc) is 2.48. The van der Waals surface area contributed by atoms with E-state index in [-0.39, 0.29) is 5.91 Å². The van der Waals surface area contributed by atoms with Gasteiger partial charge in [-0.1, -0.05) is 31.5 Å². The summed E-state index contributed by atoms with van der Waals surface area (Å²) in [6, 6.07) is 10.2. The lowest BCUT2D eigenvalue weighted by molar-refractivity contribution is 0.102. The van der Waals surface area contributed by atoms with Crippen molar-refractivity contribution < 1.29 is 4.79 Å². The van der Waals surface area contributed by atoms with Crippen LogP contribution in [0.3, 0.4) is 0 Å². The van der Waals surface area contributed by atoms with Crippen LogP contribution < -0.4 is 10.6 Å². The minimum atomic E-state index is -0.266. The molecule has 5 nitrogen and oxygen atoms in total. The van der Waals surface area contributed by atoms with Gasteiger partial charge in [-0.05, 0) is 42.7 Å². The van der Waals surface area contributed by atoms with Crippen molar-refractivity contribution >= 4 is 29.1 Å². The van der Waals surface area contributed by atoms with E-state index in [4.69, 9.17) is 11.6 Å². The summed E-state index contributed by atoms with van der Waals surface area (Å²) in [5.74, 6) is 1.47. The Balaban J connectivity index is 1.92. The van der Waals surface area contributed by atoms with Crippen LogP contribution in [0.15, 0.2) is 36.4 Å². The van der Waals surface area contributed by atoms with Crippen LogP contribution in [0.4, 0.5) is 11.6 Å². The van der Waals surface area contributed by atoms with E-state index >= 15 is 0 Å². The van der Waals surface area contributed by atoms with Crippen LogP contribution >= 0.6 is 11.6 Å². The number of hydrogen-bond acceptors (Lipinski definition) is 4. The fourth-order valence-corrected chi connectivity index (χ4v) is 1.99. The highest BCUT2D eigenvalue weighted by Crippen LogP contribution is 2.13. The maximum atomic E-state index is 12.0. The van der Waals surface area contributed by atoms with Crippen molar-refractivity contribution in [1.82, 2.24) is 10.2 Å². The number of amides is 1. The van der Waals surface area contributed by atoms with Crippen molar-refractivity contribution in [3.63, 3.8) is 0 Å². The van der Waals surface area contributed by atoms with Crippen molar-refractivity contribution in [2.24, 2.45) is 5.92 Å². The zero-order valence-electron chi connectivity index (χ0n) is 12.6. The van der Waals surface area contributed by atoms with Gasteiger partial charge in [0, 0.05) is 17.1 Å². The van der Waals surface area contributed by atoms with E-state index in [0.717, 1.165) is 13.0 Å². The van der Waals surface area contributed by atoms with Crippen molar-refractivity contribution in [3.8, 4) is 0 Å². The molecule has 2 N–H and O–H groups in total. The lowest BCUT2D eigenvalue weighted by atomic mass is 10.1. The molecule has 1 aromatic carbocycles. The van der Waals surface area contributed by atoms with Gasteiger partial charge in [-0.2, -0.15) is 0 Å². The Hall–Kier alpha value is -2.14. The molecule has 0 saturated heterocycles. The molecule has 0 aliphatic rings. The summed E-state index contributed by atoms with van der Waals surface area (Å²) in [5.41, 5.74) is 0.480. The molecule has 0 aliphatic heterocycles. The van der Waals surface area contributed by atoms with E-state index in [2.05, 4.69) is 34.7 Å². The van der Waals surface area contributed by atoms with Crippen LogP contribution in [0.25, 0.3) is 0 Å². The molecule has 116 valence electrons. The molecule has 0 spiro atoms. The van der Waals surface area contributed by atoms with Crippen LogP contribution in [-0.2, 0) is 0 Å². The smallest absolute Gasteiger partial charge is 0.256 e. The molecular weight excluding hydrogens is 300 g/mol. The summed E-state index contributed by atoms with van der Waals surface area (Å²) < 4.78 is 0. The van der Waals surface area contributed by atoms with Crippen molar-refractivity contribution in [1.29, 1.82) is 0 Å². The molecule has 2 aromatic rings. The third kappa shape index (κ3) is 5.00. The van der Waals surface area contributed by atoms with Gasteiger partial charge in [-0.3, -0.25) is 4.79 Å². The van der Waals surface area contributed by atoms with Crippen molar-refractivity contribution in [2.45, 2.75) is 20.3 Å². The second kappa shape index (κ2) is 7.75. The zero-order chi connectivity index (χ0) is 15.9. The monoisotopic (exact) mass is 318 g/mol. The van der Waals surface area contributed by atoms with Gasteiger partial charge in [0.2, 0.25) is 0 Å². The van der Waals surface area contributed by atoms with Gasteiger partial charge in [0.15, 0.2) is 5.82 Å². The number of halogens is 1. The van der Waals surface area contributed by atoms with E-state index < -0.39 is 0 Å². The predicted molar refractivity (Wildman–Crippen MR) is 89.4 cm³/mol. The number of carbonyl (C=O) groups excluding carboxylic acids is 1. The first-order chi connectivity index (χ1) is 10.5. The minimum Gasteiger partial charge on any atom is -0.369 e. The molecule has 0 fully saturated rings. The standard InChI is InChI=1S/C16H19ClN4O/c1-11(2)8-9-18-14-6-7-15(21-20-14)19-16(22)12-4-3-5-13(17)10-12/h3-7,10-11H,8-9H2,1-2H3,(H,18,20)(H,19,21,22). The number of hydrogen-bond donors (Lipinski definition) is 2. The van der Waals surface area contributed by atoms with E-state index in [1.165, 1.54) is 0 Å². The van der Waals surface area contributed by atoms with Crippen molar-refractivity contribution in [2.75, 3.05) is 17.2 Å². The van der Waals surface area contributed by atoms with Gasteiger partial charge in [-0.25, -0.2) is 0 Å². The number of carbonyl (C=O) groups is 1. The number of nitrogens with one attached hydrogen (secondary N) is 2. The molecule has 1 heterocycles. The second-order valence-electron chi connectivity index (χ2n) is 5.38. The van der Waals surface area contributed by atoms with E-state index in [1.54, 1.807) is 36.4 Å². The highest BCUT2D eigenvalue weighted by atomic mass is 35.5. The molecule has 0 aliphatic carbocycles. The summed E-state index contributed by atoms with van der Waals surface area (Å²) in [5, 5.41) is 14.4. The average molecular weight is 319 g/mol. The lowest BCUT2D eigenvalue weighted by Gasteiger charge is -2.08. The SMILES string of the molecule is CC(C)CCNc1ccc(NC(=O)c2cccc(Cl)c2)nn1. The first-order valence-electron chi connectivity index (χ1n) is 7.19. The topological polar surface area (TPSA) is 66.9 Å². The van der Waals surface area contributed by atoms with E-state index in [0.29, 0.717) is 28.1 Å². The molecule has 1 aromatic heterocycles. The Bertz CT molecular complexity index is 628. The van der Waals surface area contributed by atoms with Gasteiger partial charge in [-0.15, -0.1) is 10.2 Å². The fourth-order valence-electron chi connectivity index (χ4n) is 1.80. The maximum Gasteiger partial charge on any atom is 0.256 e. The molecule has 6 heteroatoms. The first kappa shape index (κ1) is 16.2. The Morgan fingerprint density at radius 2 is 1.91 bits per heavy atom. The quantitative estimate of drug-likeness (QED) is 0.849. The number of aromatic nitrogens is 2. The van der Waals surface area contributed by atoms with Gasteiger partial charge >= 0.3 is 0 Å². The largest absolute Gasteiger partial charge is 0.369 e. The zero-order valence-corrected chi connectivity index (χ0v) is 13.4. The second-order valence-corrected chi connectivity index (χ2v) is 5.81. The van der Waals surface area contributed by atoms with Gasteiger partial charge in [0.05, 0.1) is 0 Å². The fraction of sp³-hybridized carbons (Fsp3) is 0.312. The molecule has 0 saturated carbocycles. The number of benzene rings is 1.